The zero-order valence-electron chi connectivity index (χ0n) is 16.3. The number of benzene rings is 1. The summed E-state index contributed by atoms with van der Waals surface area (Å²) in [7, 11) is 2.03. The summed E-state index contributed by atoms with van der Waals surface area (Å²) in [5, 5.41) is 10.9. The average Bonchev–Trinajstić information content (AvgIpc) is 3.30. The topological polar surface area (TPSA) is 48.7 Å². The molecular weight excluding hydrogens is 338 g/mol. The average molecular weight is 370 g/mol. The molecule has 2 fully saturated rings. The van der Waals surface area contributed by atoms with Crippen LogP contribution in [-0.4, -0.2) is 64.7 Å². The Morgan fingerprint density at radius 1 is 1.15 bits per heavy atom. The highest BCUT2D eigenvalue weighted by Crippen LogP contribution is 2.26. The van der Waals surface area contributed by atoms with Crippen molar-refractivity contribution in [2.45, 2.75) is 25.7 Å². The van der Waals surface area contributed by atoms with Crippen molar-refractivity contribution in [3.63, 3.8) is 0 Å². The maximum absolute atomic E-state index is 13.1. The van der Waals surface area contributed by atoms with Crippen LogP contribution < -0.4 is 0 Å². The predicted octanol–water partition coefficient (Wildman–Crippen LogP) is 2.27. The van der Waals surface area contributed by atoms with Gasteiger partial charge in [0.25, 0.3) is 0 Å². The second-order valence-corrected chi connectivity index (χ2v) is 8.42. The number of hydrogen-bond acceptors (Lipinski definition) is 3. The molecule has 3 heterocycles. The molecule has 0 radical (unpaired) electrons. The van der Waals surface area contributed by atoms with Crippen molar-refractivity contribution >= 4 is 16.8 Å². The summed E-state index contributed by atoms with van der Waals surface area (Å²) in [5.41, 5.74) is 2.26. The summed E-state index contributed by atoms with van der Waals surface area (Å²) in [5.74, 6) is 0.879. The van der Waals surface area contributed by atoms with Gasteiger partial charge in [0.15, 0.2) is 0 Å². The first-order valence-corrected chi connectivity index (χ1v) is 10.3. The largest absolute Gasteiger partial charge is 0.396 e. The van der Waals surface area contributed by atoms with Crippen molar-refractivity contribution in [2.75, 3.05) is 39.3 Å². The Labute approximate surface area is 161 Å². The molecule has 4 rings (SSSR count). The maximum Gasteiger partial charge on any atom is 0.227 e. The van der Waals surface area contributed by atoms with E-state index < -0.39 is 0 Å². The van der Waals surface area contributed by atoms with Gasteiger partial charge in [0.05, 0.1) is 6.42 Å². The third kappa shape index (κ3) is 4.04. The van der Waals surface area contributed by atoms with E-state index in [0.29, 0.717) is 18.9 Å². The number of piperidine rings is 1. The van der Waals surface area contributed by atoms with Crippen LogP contribution in [0.1, 0.15) is 24.8 Å². The zero-order chi connectivity index (χ0) is 18.8. The lowest BCUT2D eigenvalue weighted by Gasteiger charge is -2.38. The molecule has 1 aromatic carbocycles. The predicted molar refractivity (Wildman–Crippen MR) is 108 cm³/mol. The summed E-state index contributed by atoms with van der Waals surface area (Å²) in [6, 6.07) is 8.26. The molecule has 1 aromatic heterocycles. The monoisotopic (exact) mass is 369 g/mol. The Morgan fingerprint density at radius 3 is 2.67 bits per heavy atom. The van der Waals surface area contributed by atoms with Gasteiger partial charge in [-0.2, -0.15) is 0 Å². The van der Waals surface area contributed by atoms with Gasteiger partial charge in [-0.1, -0.05) is 18.2 Å². The molecule has 2 aliphatic rings. The molecule has 1 amide bonds. The van der Waals surface area contributed by atoms with Gasteiger partial charge < -0.3 is 19.5 Å². The van der Waals surface area contributed by atoms with Crippen LogP contribution >= 0.6 is 0 Å². The van der Waals surface area contributed by atoms with E-state index in [2.05, 4.69) is 27.8 Å². The summed E-state index contributed by atoms with van der Waals surface area (Å²) in [4.78, 5) is 17.6. The number of likely N-dealkylation sites (tertiary alicyclic amines) is 2. The van der Waals surface area contributed by atoms with E-state index in [9.17, 15) is 9.90 Å². The molecule has 146 valence electrons. The highest BCUT2D eigenvalue weighted by atomic mass is 16.3. The van der Waals surface area contributed by atoms with Crippen LogP contribution in [0.2, 0.25) is 0 Å². The van der Waals surface area contributed by atoms with Gasteiger partial charge in [-0.3, -0.25) is 4.79 Å². The van der Waals surface area contributed by atoms with E-state index in [0.717, 1.165) is 30.5 Å². The van der Waals surface area contributed by atoms with Crippen LogP contribution in [0.15, 0.2) is 30.5 Å². The second-order valence-electron chi connectivity index (χ2n) is 8.42. The normalized spacial score (nSPS) is 24.0. The van der Waals surface area contributed by atoms with Gasteiger partial charge in [0.2, 0.25) is 5.91 Å². The zero-order valence-corrected chi connectivity index (χ0v) is 16.3. The number of carbonyl (C=O) groups excluding carboxylic acids is 1. The van der Waals surface area contributed by atoms with Gasteiger partial charge in [-0.05, 0) is 55.8 Å². The molecule has 1 N–H and O–H groups in total. The summed E-state index contributed by atoms with van der Waals surface area (Å²) >= 11 is 0. The number of nitrogens with zero attached hydrogens (tertiary/aromatic N) is 3. The fourth-order valence-corrected chi connectivity index (χ4v) is 4.96. The van der Waals surface area contributed by atoms with Crippen LogP contribution in [0.3, 0.4) is 0 Å². The fourth-order valence-electron chi connectivity index (χ4n) is 4.96. The van der Waals surface area contributed by atoms with Gasteiger partial charge >= 0.3 is 0 Å². The van der Waals surface area contributed by atoms with Crippen LogP contribution in [0.5, 0.6) is 0 Å². The first kappa shape index (κ1) is 18.5. The van der Waals surface area contributed by atoms with Crippen LogP contribution in [0, 0.1) is 11.8 Å². The van der Waals surface area contributed by atoms with Gasteiger partial charge in [0, 0.05) is 50.4 Å². The number of aliphatic hydroxyl groups is 1. The van der Waals surface area contributed by atoms with E-state index in [1.807, 2.05) is 24.1 Å². The van der Waals surface area contributed by atoms with Crippen LogP contribution in [-0.2, 0) is 18.3 Å². The maximum atomic E-state index is 13.1. The van der Waals surface area contributed by atoms with Crippen molar-refractivity contribution in [1.29, 1.82) is 0 Å². The molecule has 2 aliphatic heterocycles. The minimum Gasteiger partial charge on any atom is -0.396 e. The first-order chi connectivity index (χ1) is 13.1. The summed E-state index contributed by atoms with van der Waals surface area (Å²) in [6.07, 6.45) is 6.14. The van der Waals surface area contributed by atoms with Crippen molar-refractivity contribution in [1.82, 2.24) is 14.4 Å². The molecule has 0 aliphatic carbocycles. The number of carbonyl (C=O) groups is 1. The van der Waals surface area contributed by atoms with E-state index in [1.54, 1.807) is 0 Å². The Kier molecular flexibility index (Phi) is 5.50. The van der Waals surface area contributed by atoms with E-state index >= 15 is 0 Å². The third-order valence-electron chi connectivity index (χ3n) is 6.27. The van der Waals surface area contributed by atoms with Gasteiger partial charge in [-0.15, -0.1) is 0 Å². The summed E-state index contributed by atoms with van der Waals surface area (Å²) in [6.45, 7) is 5.13. The Bertz CT molecular complexity index is 794. The van der Waals surface area contributed by atoms with Gasteiger partial charge in [-0.25, -0.2) is 0 Å². The number of amides is 1. The number of aryl methyl sites for hydroxylation is 1. The fraction of sp³-hybridized carbons (Fsp3) is 0.591. The number of rotatable bonds is 5. The first-order valence-electron chi connectivity index (χ1n) is 10.3. The summed E-state index contributed by atoms with van der Waals surface area (Å²) < 4.78 is 2.10. The molecule has 0 saturated carbocycles. The highest BCUT2D eigenvalue weighted by molar-refractivity contribution is 5.89. The SMILES string of the molecule is Cn1cc(CC(=O)N2C[C@H](CO)C[C@H](CN3CCCC3)C2)c2ccccc21. The Balaban J connectivity index is 1.46. The van der Waals surface area contributed by atoms with Crippen molar-refractivity contribution in [3.05, 3.63) is 36.0 Å². The highest BCUT2D eigenvalue weighted by Gasteiger charge is 2.31. The molecule has 2 atom stereocenters. The van der Waals surface area contributed by atoms with Crippen molar-refractivity contribution in [2.24, 2.45) is 18.9 Å². The van der Waals surface area contributed by atoms with Crippen LogP contribution in [0.25, 0.3) is 10.9 Å². The van der Waals surface area contributed by atoms with Crippen LogP contribution in [0.4, 0.5) is 0 Å². The second kappa shape index (κ2) is 8.03. The Hall–Kier alpha value is -1.85. The molecule has 0 unspecified atom stereocenters. The molecular formula is C22H31N3O2. The number of hydrogen-bond donors (Lipinski definition) is 1. The smallest absolute Gasteiger partial charge is 0.227 e. The lowest BCUT2D eigenvalue weighted by Crippen LogP contribution is -2.48. The van der Waals surface area contributed by atoms with E-state index in [4.69, 9.17) is 0 Å². The number of para-hydroxylation sites is 1. The Morgan fingerprint density at radius 2 is 1.89 bits per heavy atom. The molecule has 2 saturated heterocycles. The third-order valence-corrected chi connectivity index (χ3v) is 6.27. The molecule has 2 aromatic rings. The molecule has 27 heavy (non-hydrogen) atoms. The number of aliphatic hydroxyl groups excluding tert-OH is 1. The molecule has 0 bridgehead atoms. The van der Waals surface area contributed by atoms with Gasteiger partial charge in [0.1, 0.15) is 0 Å². The number of aromatic nitrogens is 1. The van der Waals surface area contributed by atoms with Crippen molar-refractivity contribution in [3.8, 4) is 0 Å². The lowest BCUT2D eigenvalue weighted by atomic mass is 9.89. The number of fused-ring (bicyclic) bond motifs is 1. The minimum atomic E-state index is 0.175. The lowest BCUT2D eigenvalue weighted by molar-refractivity contribution is -0.134. The molecule has 0 spiro atoms. The quantitative estimate of drug-likeness (QED) is 0.880. The minimum absolute atomic E-state index is 0.175. The van der Waals surface area contributed by atoms with E-state index in [-0.39, 0.29) is 18.4 Å². The molecule has 5 heteroatoms. The van der Waals surface area contributed by atoms with E-state index in [1.165, 1.54) is 31.4 Å². The molecule has 5 nitrogen and oxygen atoms in total. The standard InChI is InChI=1S/C22H31N3O2/c1-23-15-19(20-6-2-3-7-21(20)23)11-22(27)25-13-17(10-18(14-25)16-26)12-24-8-4-5-9-24/h2-3,6-7,15,17-18,26H,4-5,8-14,16H2,1H3/t17-,18-/m1/s1. The van der Waals surface area contributed by atoms with Crippen molar-refractivity contribution < 1.29 is 9.90 Å².